The second-order valence-electron chi connectivity index (χ2n) is 6.37. The van der Waals surface area contributed by atoms with Crippen LogP contribution in [0.3, 0.4) is 0 Å². The molecule has 0 saturated heterocycles. The van der Waals surface area contributed by atoms with Crippen molar-refractivity contribution in [3.8, 4) is 0 Å². The average molecular weight is 293 g/mol. The summed E-state index contributed by atoms with van der Waals surface area (Å²) in [7, 11) is 1.33. The summed E-state index contributed by atoms with van der Waals surface area (Å²) in [5.41, 5.74) is 1.65. The number of methoxy groups -OCH3 is 1. The molecule has 114 valence electrons. The van der Waals surface area contributed by atoms with E-state index >= 15 is 0 Å². The molecule has 1 aromatic heterocycles. The van der Waals surface area contributed by atoms with Gasteiger partial charge in [0.2, 0.25) is 0 Å². The highest BCUT2D eigenvalue weighted by Crippen LogP contribution is 2.33. The van der Waals surface area contributed by atoms with E-state index in [1.54, 1.807) is 6.07 Å². The SMILES string of the molecule is COC(=O)c1cnc2c(c1)CC[N+](C(=O)O)(C(C)(C)C)C2. The maximum atomic E-state index is 11.8. The topological polar surface area (TPSA) is 76.5 Å². The highest BCUT2D eigenvalue weighted by molar-refractivity contribution is 5.89. The monoisotopic (exact) mass is 293 g/mol. The summed E-state index contributed by atoms with van der Waals surface area (Å²) in [6, 6.07) is 1.76. The number of hydrogen-bond donors (Lipinski definition) is 1. The first-order valence-electron chi connectivity index (χ1n) is 6.88. The summed E-state index contributed by atoms with van der Waals surface area (Å²) in [6.45, 7) is 6.59. The van der Waals surface area contributed by atoms with E-state index in [9.17, 15) is 14.7 Å². The van der Waals surface area contributed by atoms with Gasteiger partial charge < -0.3 is 9.84 Å². The number of esters is 1. The number of carbonyl (C=O) groups is 2. The van der Waals surface area contributed by atoms with Gasteiger partial charge in [-0.1, -0.05) is 0 Å². The molecule has 0 fully saturated rings. The fourth-order valence-corrected chi connectivity index (χ4v) is 2.80. The van der Waals surface area contributed by atoms with Gasteiger partial charge >= 0.3 is 12.1 Å². The van der Waals surface area contributed by atoms with E-state index < -0.39 is 17.6 Å². The number of fused-ring (bicyclic) bond motifs is 1. The van der Waals surface area contributed by atoms with Crippen molar-refractivity contribution in [1.82, 2.24) is 4.98 Å². The molecule has 1 aliphatic heterocycles. The van der Waals surface area contributed by atoms with Gasteiger partial charge in [0.1, 0.15) is 12.1 Å². The molecule has 2 heterocycles. The lowest BCUT2D eigenvalue weighted by Gasteiger charge is -2.45. The summed E-state index contributed by atoms with van der Waals surface area (Å²) >= 11 is 0. The van der Waals surface area contributed by atoms with E-state index in [1.807, 2.05) is 20.8 Å². The molecule has 2 rings (SSSR count). The number of carboxylic acid groups (broad SMARTS) is 1. The maximum absolute atomic E-state index is 11.8. The Kier molecular flexibility index (Phi) is 3.76. The van der Waals surface area contributed by atoms with Crippen LogP contribution >= 0.6 is 0 Å². The molecule has 0 aromatic carbocycles. The van der Waals surface area contributed by atoms with Crippen molar-refractivity contribution < 1.29 is 23.9 Å². The third-order valence-corrected chi connectivity index (χ3v) is 4.31. The minimum atomic E-state index is -0.841. The Balaban J connectivity index is 2.41. The summed E-state index contributed by atoms with van der Waals surface area (Å²) < 4.78 is 4.63. The van der Waals surface area contributed by atoms with Crippen molar-refractivity contribution in [2.24, 2.45) is 0 Å². The van der Waals surface area contributed by atoms with Gasteiger partial charge in [-0.2, -0.15) is 4.79 Å². The van der Waals surface area contributed by atoms with E-state index in [0.29, 0.717) is 25.1 Å². The van der Waals surface area contributed by atoms with Gasteiger partial charge in [0.25, 0.3) is 0 Å². The van der Waals surface area contributed by atoms with Gasteiger partial charge in [-0.15, -0.1) is 0 Å². The smallest absolute Gasteiger partial charge is 0.465 e. The molecule has 1 aromatic rings. The lowest BCUT2D eigenvalue weighted by Crippen LogP contribution is -2.64. The van der Waals surface area contributed by atoms with Crippen molar-refractivity contribution in [3.05, 3.63) is 29.1 Å². The van der Waals surface area contributed by atoms with Gasteiger partial charge in [0, 0.05) is 12.6 Å². The van der Waals surface area contributed by atoms with Gasteiger partial charge in [-0.25, -0.2) is 9.28 Å². The first-order chi connectivity index (χ1) is 9.71. The first kappa shape index (κ1) is 15.4. The van der Waals surface area contributed by atoms with Crippen LogP contribution in [0.4, 0.5) is 4.79 Å². The van der Waals surface area contributed by atoms with Crippen molar-refractivity contribution in [3.63, 3.8) is 0 Å². The van der Waals surface area contributed by atoms with Gasteiger partial charge in [-0.05, 0) is 32.4 Å². The van der Waals surface area contributed by atoms with Crippen LogP contribution < -0.4 is 0 Å². The predicted octanol–water partition coefficient (Wildman–Crippen LogP) is 2.22. The molecule has 1 atom stereocenters. The van der Waals surface area contributed by atoms with E-state index in [4.69, 9.17) is 0 Å². The zero-order valence-corrected chi connectivity index (χ0v) is 12.8. The van der Waals surface area contributed by atoms with Crippen LogP contribution in [0.5, 0.6) is 0 Å². The largest absolute Gasteiger partial charge is 0.514 e. The third kappa shape index (κ3) is 2.51. The number of pyridine rings is 1. The van der Waals surface area contributed by atoms with Crippen molar-refractivity contribution in [2.75, 3.05) is 13.7 Å². The molecule has 1 amide bonds. The molecule has 1 aliphatic rings. The molecule has 1 N–H and O–H groups in total. The van der Waals surface area contributed by atoms with Crippen molar-refractivity contribution in [1.29, 1.82) is 0 Å². The van der Waals surface area contributed by atoms with Crippen LogP contribution in [-0.2, 0) is 17.7 Å². The van der Waals surface area contributed by atoms with E-state index in [-0.39, 0.29) is 4.48 Å². The van der Waals surface area contributed by atoms with Crippen LogP contribution in [0.2, 0.25) is 0 Å². The van der Waals surface area contributed by atoms with E-state index in [0.717, 1.165) is 11.3 Å². The normalized spacial score (nSPS) is 21.5. The fraction of sp³-hybridized carbons (Fsp3) is 0.533. The van der Waals surface area contributed by atoms with E-state index in [1.165, 1.54) is 13.3 Å². The highest BCUT2D eigenvalue weighted by atomic mass is 16.5. The number of aromatic nitrogens is 1. The lowest BCUT2D eigenvalue weighted by molar-refractivity contribution is -0.918. The van der Waals surface area contributed by atoms with Gasteiger partial charge in [0.15, 0.2) is 0 Å². The molecule has 0 radical (unpaired) electrons. The Morgan fingerprint density at radius 2 is 2.05 bits per heavy atom. The van der Waals surface area contributed by atoms with Crippen LogP contribution in [-0.4, -0.2) is 45.8 Å². The lowest BCUT2D eigenvalue weighted by atomic mass is 9.93. The van der Waals surface area contributed by atoms with Gasteiger partial charge in [0.05, 0.1) is 24.9 Å². The molecular formula is C15H21N2O4+. The third-order valence-electron chi connectivity index (χ3n) is 4.31. The summed E-state index contributed by atoms with van der Waals surface area (Å²) in [4.78, 5) is 27.7. The molecule has 0 aliphatic carbocycles. The first-order valence-corrected chi connectivity index (χ1v) is 6.88. The van der Waals surface area contributed by atoms with Crippen molar-refractivity contribution >= 4 is 12.1 Å². The fourth-order valence-electron chi connectivity index (χ4n) is 2.80. The Morgan fingerprint density at radius 3 is 2.57 bits per heavy atom. The number of ether oxygens (including phenoxy) is 1. The van der Waals surface area contributed by atoms with Crippen LogP contribution in [0.25, 0.3) is 0 Å². The summed E-state index contributed by atoms with van der Waals surface area (Å²) in [6.07, 6.45) is 1.19. The highest BCUT2D eigenvalue weighted by Gasteiger charge is 2.50. The molecule has 0 bridgehead atoms. The zero-order valence-electron chi connectivity index (χ0n) is 12.8. The number of hydrogen-bond acceptors (Lipinski definition) is 4. The zero-order chi connectivity index (χ0) is 15.8. The number of amides is 1. The van der Waals surface area contributed by atoms with Crippen LogP contribution in [0, 0.1) is 0 Å². The van der Waals surface area contributed by atoms with E-state index in [2.05, 4.69) is 9.72 Å². The molecule has 0 spiro atoms. The Labute approximate surface area is 123 Å². The number of rotatable bonds is 1. The number of quaternary nitrogens is 1. The quantitative estimate of drug-likeness (QED) is 0.634. The maximum Gasteiger partial charge on any atom is 0.514 e. The summed E-state index contributed by atoms with van der Waals surface area (Å²) in [5.74, 6) is -0.425. The molecule has 6 nitrogen and oxygen atoms in total. The van der Waals surface area contributed by atoms with Crippen molar-refractivity contribution in [2.45, 2.75) is 39.3 Å². The molecule has 6 heteroatoms. The molecule has 1 unspecified atom stereocenters. The van der Waals surface area contributed by atoms with Crippen LogP contribution in [0.1, 0.15) is 42.4 Å². The second kappa shape index (κ2) is 5.11. The molecular weight excluding hydrogens is 272 g/mol. The number of carbonyl (C=O) groups excluding carboxylic acids is 1. The minimum absolute atomic E-state index is 0.0510. The predicted molar refractivity (Wildman–Crippen MR) is 75.9 cm³/mol. The minimum Gasteiger partial charge on any atom is -0.465 e. The standard InChI is InChI=1S/C15H20N2O4/c1-15(2,3)17(14(19)20)6-5-10-7-11(13(18)21-4)8-16-12(10)9-17/h7-8H,5-6,9H2,1-4H3/p+1. The average Bonchev–Trinajstić information content (AvgIpc) is 2.43. The number of nitrogens with zero attached hydrogens (tertiary/aromatic N) is 2. The summed E-state index contributed by atoms with van der Waals surface area (Å²) in [5, 5.41) is 9.70. The molecule has 0 saturated carbocycles. The Hall–Kier alpha value is -1.95. The molecule has 21 heavy (non-hydrogen) atoms. The van der Waals surface area contributed by atoms with Gasteiger partial charge in [-0.3, -0.25) is 4.98 Å². The Bertz CT molecular complexity index is 592. The van der Waals surface area contributed by atoms with Crippen LogP contribution in [0.15, 0.2) is 12.3 Å². The second-order valence-corrected chi connectivity index (χ2v) is 6.37. The Morgan fingerprint density at radius 1 is 1.38 bits per heavy atom.